The summed E-state index contributed by atoms with van der Waals surface area (Å²) in [6, 6.07) is 6.31. The summed E-state index contributed by atoms with van der Waals surface area (Å²) >= 11 is 0. The van der Waals surface area contributed by atoms with Gasteiger partial charge < -0.3 is 5.32 Å². The molecule has 2 N–H and O–H groups in total. The van der Waals surface area contributed by atoms with E-state index in [-0.39, 0.29) is 17.6 Å². The van der Waals surface area contributed by atoms with Gasteiger partial charge in [0.15, 0.2) is 0 Å². The van der Waals surface area contributed by atoms with E-state index in [0.717, 1.165) is 19.4 Å². The molecule has 3 rings (SSSR count). The van der Waals surface area contributed by atoms with Crippen LogP contribution < -0.4 is 10.6 Å². The molecule has 0 aliphatic carbocycles. The lowest BCUT2D eigenvalue weighted by molar-refractivity contribution is -0.126. The number of urea groups is 1. The molecule has 1 aromatic rings. The van der Waals surface area contributed by atoms with Crippen molar-refractivity contribution >= 4 is 11.9 Å². The summed E-state index contributed by atoms with van der Waals surface area (Å²) in [5, 5.41) is 5.06. The van der Waals surface area contributed by atoms with Crippen LogP contribution in [0.4, 0.5) is 9.18 Å². The van der Waals surface area contributed by atoms with E-state index in [0.29, 0.717) is 18.7 Å². The highest BCUT2D eigenvalue weighted by Gasteiger charge is 2.48. The molecular weight excluding hydrogens is 285 g/mol. The van der Waals surface area contributed by atoms with Crippen molar-refractivity contribution in [3.05, 3.63) is 35.6 Å². The molecule has 2 fully saturated rings. The Morgan fingerprint density at radius 1 is 1.36 bits per heavy atom. The maximum atomic E-state index is 13.8. The Morgan fingerprint density at radius 2 is 2.14 bits per heavy atom. The molecule has 22 heavy (non-hydrogen) atoms. The molecule has 2 saturated heterocycles. The first-order valence-electron chi connectivity index (χ1n) is 7.58. The summed E-state index contributed by atoms with van der Waals surface area (Å²) in [5.74, 6) is -0.447. The highest BCUT2D eigenvalue weighted by atomic mass is 19.1. The largest absolute Gasteiger partial charge is 0.323 e. The second kappa shape index (κ2) is 5.68. The van der Waals surface area contributed by atoms with E-state index in [1.807, 2.05) is 6.07 Å². The first-order valence-corrected chi connectivity index (χ1v) is 7.58. The predicted molar refractivity (Wildman–Crippen MR) is 79.5 cm³/mol. The number of piperidine rings is 1. The Kier molecular flexibility index (Phi) is 3.87. The molecule has 0 bridgehead atoms. The number of carbonyl (C=O) groups excluding carboxylic acids is 2. The normalized spacial score (nSPS) is 29.3. The molecule has 0 radical (unpaired) electrons. The van der Waals surface area contributed by atoms with Crippen LogP contribution in [0.1, 0.15) is 25.3 Å². The van der Waals surface area contributed by atoms with Gasteiger partial charge in [-0.3, -0.25) is 15.0 Å². The molecule has 0 saturated carbocycles. The lowest BCUT2D eigenvalue weighted by Gasteiger charge is -2.39. The van der Waals surface area contributed by atoms with Crippen LogP contribution in [0.15, 0.2) is 24.3 Å². The van der Waals surface area contributed by atoms with Gasteiger partial charge in [-0.15, -0.1) is 0 Å². The van der Waals surface area contributed by atoms with Crippen molar-refractivity contribution in [2.45, 2.75) is 31.8 Å². The maximum absolute atomic E-state index is 13.8. The Morgan fingerprint density at radius 3 is 2.82 bits per heavy atom. The van der Waals surface area contributed by atoms with Gasteiger partial charge in [-0.2, -0.15) is 0 Å². The number of imide groups is 1. The van der Waals surface area contributed by atoms with E-state index in [1.54, 1.807) is 19.1 Å². The summed E-state index contributed by atoms with van der Waals surface area (Å²) in [6.45, 7) is 3.83. The fraction of sp³-hybridized carbons (Fsp3) is 0.500. The molecule has 2 aliphatic heterocycles. The molecule has 5 nitrogen and oxygen atoms in total. The summed E-state index contributed by atoms with van der Waals surface area (Å²) in [7, 11) is 0. The lowest BCUT2D eigenvalue weighted by atomic mass is 9.80. The molecule has 0 unspecified atom stereocenters. The first kappa shape index (κ1) is 15.0. The Labute approximate surface area is 128 Å². The third kappa shape index (κ3) is 2.70. The van der Waals surface area contributed by atoms with Crippen LogP contribution in [0.25, 0.3) is 0 Å². The third-order valence-corrected chi connectivity index (χ3v) is 4.75. The summed E-state index contributed by atoms with van der Waals surface area (Å²) in [5.41, 5.74) is -0.210. The van der Waals surface area contributed by atoms with Crippen LogP contribution in [0.5, 0.6) is 0 Å². The van der Waals surface area contributed by atoms with Crippen molar-refractivity contribution in [2.75, 3.05) is 13.1 Å². The lowest BCUT2D eigenvalue weighted by Crippen LogP contribution is -2.55. The first-order chi connectivity index (χ1) is 10.5. The Hall–Kier alpha value is -1.95. The number of carbonyl (C=O) groups is 2. The monoisotopic (exact) mass is 305 g/mol. The molecule has 0 spiro atoms. The SMILES string of the molecule is C[C@@]1([C@H]2CCCN(Cc3ccccc3F)C2)NC(=O)NC1=O. The van der Waals surface area contributed by atoms with E-state index in [9.17, 15) is 14.0 Å². The Bertz CT molecular complexity index is 607. The van der Waals surface area contributed by atoms with Gasteiger partial charge >= 0.3 is 6.03 Å². The zero-order valence-corrected chi connectivity index (χ0v) is 12.6. The minimum atomic E-state index is -0.870. The number of likely N-dealkylation sites (tertiary alicyclic amines) is 1. The summed E-state index contributed by atoms with van der Waals surface area (Å²) in [6.07, 6.45) is 1.80. The van der Waals surface area contributed by atoms with E-state index in [2.05, 4.69) is 15.5 Å². The minimum Gasteiger partial charge on any atom is -0.323 e. The van der Waals surface area contributed by atoms with Crippen molar-refractivity contribution in [3.8, 4) is 0 Å². The molecule has 1 aromatic carbocycles. The van der Waals surface area contributed by atoms with Crippen molar-refractivity contribution in [2.24, 2.45) is 5.92 Å². The fourth-order valence-corrected chi connectivity index (χ4v) is 3.38. The van der Waals surface area contributed by atoms with Crippen LogP contribution in [-0.4, -0.2) is 35.5 Å². The standard InChI is InChI=1S/C16H20FN3O2/c1-16(14(21)18-15(22)19-16)12-6-4-8-20(10-12)9-11-5-2-3-7-13(11)17/h2-3,5,7,12H,4,6,8-10H2,1H3,(H2,18,19,21,22)/t12-,16-/m0/s1. The number of rotatable bonds is 3. The molecule has 3 amide bonds. The van der Waals surface area contributed by atoms with Gasteiger partial charge in [-0.05, 0) is 32.4 Å². The summed E-state index contributed by atoms with van der Waals surface area (Å²) < 4.78 is 13.8. The molecule has 2 heterocycles. The van der Waals surface area contributed by atoms with Crippen molar-refractivity contribution < 1.29 is 14.0 Å². The molecule has 118 valence electrons. The number of hydrogen-bond acceptors (Lipinski definition) is 3. The average Bonchev–Trinajstić information content (AvgIpc) is 2.76. The Balaban J connectivity index is 1.71. The van der Waals surface area contributed by atoms with Gasteiger partial charge in [0, 0.05) is 24.6 Å². The van der Waals surface area contributed by atoms with E-state index >= 15 is 0 Å². The zero-order chi connectivity index (χ0) is 15.7. The highest BCUT2D eigenvalue weighted by molar-refractivity contribution is 6.06. The number of amides is 3. The average molecular weight is 305 g/mol. The molecule has 0 aromatic heterocycles. The highest BCUT2D eigenvalue weighted by Crippen LogP contribution is 2.30. The zero-order valence-electron chi connectivity index (χ0n) is 12.6. The minimum absolute atomic E-state index is 0.0273. The predicted octanol–water partition coefficient (Wildman–Crippen LogP) is 1.64. The van der Waals surface area contributed by atoms with Crippen molar-refractivity contribution in [3.63, 3.8) is 0 Å². The molecule has 2 aliphatic rings. The van der Waals surface area contributed by atoms with Gasteiger partial charge in [-0.1, -0.05) is 18.2 Å². The van der Waals surface area contributed by atoms with Gasteiger partial charge in [0.25, 0.3) is 5.91 Å². The second-order valence-corrected chi connectivity index (χ2v) is 6.28. The third-order valence-electron chi connectivity index (χ3n) is 4.75. The van der Waals surface area contributed by atoms with Gasteiger partial charge in [0.1, 0.15) is 11.4 Å². The number of nitrogens with zero attached hydrogens (tertiary/aromatic N) is 1. The van der Waals surface area contributed by atoms with Crippen molar-refractivity contribution in [1.82, 2.24) is 15.5 Å². The molecule has 2 atom stereocenters. The van der Waals surface area contributed by atoms with Crippen molar-refractivity contribution in [1.29, 1.82) is 0 Å². The van der Waals surface area contributed by atoms with Crippen LogP contribution in [0.3, 0.4) is 0 Å². The van der Waals surface area contributed by atoms with Crippen LogP contribution in [0.2, 0.25) is 0 Å². The van der Waals surface area contributed by atoms with Gasteiger partial charge in [0.05, 0.1) is 0 Å². The molecule has 6 heteroatoms. The number of hydrogen-bond donors (Lipinski definition) is 2. The van der Waals surface area contributed by atoms with Gasteiger partial charge in [-0.25, -0.2) is 9.18 Å². The van der Waals surface area contributed by atoms with Crippen LogP contribution >= 0.6 is 0 Å². The van der Waals surface area contributed by atoms with E-state index in [1.165, 1.54) is 6.07 Å². The maximum Gasteiger partial charge on any atom is 0.322 e. The van der Waals surface area contributed by atoms with E-state index in [4.69, 9.17) is 0 Å². The van der Waals surface area contributed by atoms with E-state index < -0.39 is 11.6 Å². The molecular formula is C16H20FN3O2. The number of halogens is 1. The summed E-state index contributed by atoms with van der Waals surface area (Å²) in [4.78, 5) is 25.6. The van der Waals surface area contributed by atoms with Crippen LogP contribution in [-0.2, 0) is 11.3 Å². The number of benzene rings is 1. The fourth-order valence-electron chi connectivity index (χ4n) is 3.38. The number of nitrogens with one attached hydrogen (secondary N) is 2. The van der Waals surface area contributed by atoms with Crippen LogP contribution in [0, 0.1) is 11.7 Å². The second-order valence-electron chi connectivity index (χ2n) is 6.28. The quantitative estimate of drug-likeness (QED) is 0.835. The smallest absolute Gasteiger partial charge is 0.322 e. The topological polar surface area (TPSA) is 61.4 Å². The van der Waals surface area contributed by atoms with Gasteiger partial charge in [0.2, 0.25) is 0 Å².